The number of benzene rings is 2. The summed E-state index contributed by atoms with van der Waals surface area (Å²) < 4.78 is 28.5. The molecule has 0 atom stereocenters. The fourth-order valence-corrected chi connectivity index (χ4v) is 5.67. The average molecular weight is 509 g/mol. The lowest BCUT2D eigenvalue weighted by Gasteiger charge is -2.36. The maximum Gasteiger partial charge on any atom is 0.319 e. The number of carboxylic acid groups (broad SMARTS) is 1. The number of aromatic nitrogens is 1. The monoisotopic (exact) mass is 508 g/mol. The SMILES string of the molecule is O=C(c1ccc(NS(=O)(=O)c2cccc3cccnc23)cc1)N1CCN(C(=O)C2(C(=O)O)CC2)CC1. The summed E-state index contributed by atoms with van der Waals surface area (Å²) in [4.78, 5) is 44.3. The summed E-state index contributed by atoms with van der Waals surface area (Å²) in [5.74, 6) is -1.70. The van der Waals surface area contributed by atoms with Gasteiger partial charge in [-0.25, -0.2) is 8.42 Å². The topological polar surface area (TPSA) is 137 Å². The van der Waals surface area contributed by atoms with Crippen LogP contribution < -0.4 is 4.72 Å². The molecular weight excluding hydrogens is 484 g/mol. The van der Waals surface area contributed by atoms with Crippen molar-refractivity contribution in [2.45, 2.75) is 17.7 Å². The van der Waals surface area contributed by atoms with Crippen LogP contribution in [0, 0.1) is 5.41 Å². The molecule has 2 fully saturated rings. The maximum atomic E-state index is 13.0. The van der Waals surface area contributed by atoms with Crippen LogP contribution in [-0.2, 0) is 19.6 Å². The quantitative estimate of drug-likeness (QED) is 0.487. The summed E-state index contributed by atoms with van der Waals surface area (Å²) in [6, 6.07) is 14.6. The summed E-state index contributed by atoms with van der Waals surface area (Å²) in [7, 11) is -3.91. The van der Waals surface area contributed by atoms with Gasteiger partial charge < -0.3 is 14.9 Å². The van der Waals surface area contributed by atoms with E-state index in [0.717, 1.165) is 0 Å². The largest absolute Gasteiger partial charge is 0.480 e. The second-order valence-corrected chi connectivity index (χ2v) is 10.6. The van der Waals surface area contributed by atoms with Crippen molar-refractivity contribution >= 4 is 44.4 Å². The van der Waals surface area contributed by atoms with E-state index in [1.54, 1.807) is 41.3 Å². The highest BCUT2D eigenvalue weighted by atomic mass is 32.2. The second kappa shape index (κ2) is 8.90. The molecule has 2 amide bonds. The Morgan fingerprint density at radius 1 is 0.889 bits per heavy atom. The van der Waals surface area contributed by atoms with Crippen molar-refractivity contribution in [1.29, 1.82) is 0 Å². The number of nitrogens with zero attached hydrogens (tertiary/aromatic N) is 3. The molecule has 1 saturated heterocycles. The van der Waals surface area contributed by atoms with Crippen LogP contribution in [0.15, 0.2) is 65.7 Å². The van der Waals surface area contributed by atoms with Crippen LogP contribution in [0.3, 0.4) is 0 Å². The summed E-state index contributed by atoms with van der Waals surface area (Å²) in [6.07, 6.45) is 2.24. The number of carbonyl (C=O) groups is 3. The fraction of sp³-hybridized carbons (Fsp3) is 0.280. The van der Waals surface area contributed by atoms with E-state index < -0.39 is 21.4 Å². The van der Waals surface area contributed by atoms with E-state index in [9.17, 15) is 27.9 Å². The van der Waals surface area contributed by atoms with Gasteiger partial charge in [0.05, 0.1) is 5.52 Å². The minimum absolute atomic E-state index is 0.0593. The van der Waals surface area contributed by atoms with Crippen LogP contribution in [0.2, 0.25) is 0 Å². The molecule has 36 heavy (non-hydrogen) atoms. The lowest BCUT2D eigenvalue weighted by molar-refractivity contribution is -0.154. The Bertz CT molecular complexity index is 1450. The number of carboxylic acids is 1. The first-order valence-corrected chi connectivity index (χ1v) is 13.0. The predicted octanol–water partition coefficient (Wildman–Crippen LogP) is 2.18. The number of carbonyl (C=O) groups excluding carboxylic acids is 2. The zero-order valence-electron chi connectivity index (χ0n) is 19.3. The van der Waals surface area contributed by atoms with Gasteiger partial charge in [-0.3, -0.25) is 24.1 Å². The van der Waals surface area contributed by atoms with Crippen LogP contribution in [-0.4, -0.2) is 72.3 Å². The number of hydrogen-bond acceptors (Lipinski definition) is 6. The molecule has 1 aromatic heterocycles. The summed E-state index contributed by atoms with van der Waals surface area (Å²) in [5, 5.41) is 10.0. The minimum Gasteiger partial charge on any atom is -0.480 e. The molecule has 5 rings (SSSR count). The van der Waals surface area contributed by atoms with E-state index in [0.29, 0.717) is 48.1 Å². The lowest BCUT2D eigenvalue weighted by atomic mass is 10.1. The lowest BCUT2D eigenvalue weighted by Crippen LogP contribution is -2.53. The van der Waals surface area contributed by atoms with Gasteiger partial charge in [0.25, 0.3) is 15.9 Å². The Balaban J connectivity index is 1.23. The zero-order chi connectivity index (χ0) is 25.5. The highest BCUT2D eigenvalue weighted by Crippen LogP contribution is 2.47. The summed E-state index contributed by atoms with van der Waals surface area (Å²) in [5.41, 5.74) is -0.225. The van der Waals surface area contributed by atoms with Crippen molar-refractivity contribution in [3.63, 3.8) is 0 Å². The van der Waals surface area contributed by atoms with Crippen LogP contribution in [0.4, 0.5) is 5.69 Å². The first-order chi connectivity index (χ1) is 17.2. The molecule has 0 radical (unpaired) electrons. The van der Waals surface area contributed by atoms with E-state index in [1.807, 2.05) is 0 Å². The zero-order valence-corrected chi connectivity index (χ0v) is 20.1. The van der Waals surface area contributed by atoms with Crippen molar-refractivity contribution < 1.29 is 27.9 Å². The van der Waals surface area contributed by atoms with E-state index >= 15 is 0 Å². The van der Waals surface area contributed by atoms with Crippen molar-refractivity contribution in [2.24, 2.45) is 5.41 Å². The van der Waals surface area contributed by atoms with Crippen molar-refractivity contribution in [1.82, 2.24) is 14.8 Å². The first kappa shape index (κ1) is 23.7. The summed E-state index contributed by atoms with van der Waals surface area (Å²) >= 11 is 0. The molecule has 3 aromatic rings. The summed E-state index contributed by atoms with van der Waals surface area (Å²) in [6.45, 7) is 1.14. The van der Waals surface area contributed by atoms with Crippen LogP contribution in [0.1, 0.15) is 23.2 Å². The second-order valence-electron chi connectivity index (χ2n) is 8.99. The van der Waals surface area contributed by atoms with Gasteiger partial charge in [0.15, 0.2) is 0 Å². The van der Waals surface area contributed by atoms with E-state index in [-0.39, 0.29) is 29.8 Å². The van der Waals surface area contributed by atoms with Crippen LogP contribution >= 0.6 is 0 Å². The van der Waals surface area contributed by atoms with Gasteiger partial charge in [-0.2, -0.15) is 0 Å². The van der Waals surface area contributed by atoms with Crippen LogP contribution in [0.25, 0.3) is 10.9 Å². The number of para-hydroxylation sites is 1. The molecule has 1 aliphatic heterocycles. The van der Waals surface area contributed by atoms with Crippen LogP contribution in [0.5, 0.6) is 0 Å². The van der Waals surface area contributed by atoms with Crippen molar-refractivity contribution in [3.8, 4) is 0 Å². The third-order valence-corrected chi connectivity index (χ3v) is 8.11. The van der Waals surface area contributed by atoms with E-state index in [4.69, 9.17) is 0 Å². The minimum atomic E-state index is -3.91. The highest BCUT2D eigenvalue weighted by molar-refractivity contribution is 7.93. The molecule has 1 saturated carbocycles. The van der Waals surface area contributed by atoms with Gasteiger partial charge in [0.2, 0.25) is 5.91 Å². The predicted molar refractivity (Wildman–Crippen MR) is 131 cm³/mol. The van der Waals surface area contributed by atoms with Gasteiger partial charge in [0, 0.05) is 49.0 Å². The molecule has 0 unspecified atom stereocenters. The third kappa shape index (κ3) is 4.26. The number of aliphatic carboxylic acids is 1. The first-order valence-electron chi connectivity index (χ1n) is 11.5. The fourth-order valence-electron chi connectivity index (χ4n) is 4.43. The molecule has 0 bridgehead atoms. The number of piperazine rings is 1. The Morgan fingerprint density at radius 2 is 1.53 bits per heavy atom. The number of hydrogen-bond donors (Lipinski definition) is 2. The molecule has 10 nitrogen and oxygen atoms in total. The number of sulfonamides is 1. The number of fused-ring (bicyclic) bond motifs is 1. The molecule has 2 heterocycles. The van der Waals surface area contributed by atoms with E-state index in [1.165, 1.54) is 29.3 Å². The van der Waals surface area contributed by atoms with Crippen molar-refractivity contribution in [3.05, 3.63) is 66.4 Å². The Morgan fingerprint density at radius 3 is 2.17 bits per heavy atom. The molecule has 2 aromatic carbocycles. The Kier molecular flexibility index (Phi) is 5.87. The third-order valence-electron chi connectivity index (χ3n) is 6.69. The number of anilines is 1. The molecular formula is C25H24N4O6S. The van der Waals surface area contributed by atoms with Gasteiger partial charge in [-0.05, 0) is 49.2 Å². The van der Waals surface area contributed by atoms with Crippen molar-refractivity contribution in [2.75, 3.05) is 30.9 Å². The standard InChI is InChI=1S/C25H24N4O6S/c30-22(28-13-15-29(16-14-28)23(31)25(10-11-25)24(32)33)18-6-8-19(9-7-18)27-36(34,35)20-5-1-3-17-4-2-12-26-21(17)20/h1-9,12,27H,10-11,13-16H2,(H,32,33). The maximum absolute atomic E-state index is 13.0. The molecule has 2 N–H and O–H groups in total. The number of nitrogens with one attached hydrogen (secondary N) is 1. The normalized spacial score (nSPS) is 17.0. The highest BCUT2D eigenvalue weighted by Gasteiger charge is 2.58. The number of pyridine rings is 1. The van der Waals surface area contributed by atoms with Gasteiger partial charge >= 0.3 is 5.97 Å². The van der Waals surface area contributed by atoms with Gasteiger partial charge in [-0.1, -0.05) is 18.2 Å². The molecule has 1 aliphatic carbocycles. The molecule has 0 spiro atoms. The Labute approximate surface area is 207 Å². The van der Waals surface area contributed by atoms with Gasteiger partial charge in [0.1, 0.15) is 10.3 Å². The number of amides is 2. The average Bonchev–Trinajstić information content (AvgIpc) is 3.70. The van der Waals surface area contributed by atoms with Gasteiger partial charge in [-0.15, -0.1) is 0 Å². The smallest absolute Gasteiger partial charge is 0.319 e. The number of rotatable bonds is 6. The molecule has 11 heteroatoms. The molecule has 186 valence electrons. The molecule has 2 aliphatic rings. The Hall–Kier alpha value is -3.99. The van der Waals surface area contributed by atoms with E-state index in [2.05, 4.69) is 9.71 Å².